The lowest BCUT2D eigenvalue weighted by atomic mass is 10.2. The minimum absolute atomic E-state index is 0.345. The molecule has 1 aromatic rings. The van der Waals surface area contributed by atoms with Crippen LogP contribution in [0.4, 0.5) is 0 Å². The number of ether oxygens (including phenoxy) is 1. The van der Waals surface area contributed by atoms with Crippen molar-refractivity contribution in [3.8, 4) is 0 Å². The van der Waals surface area contributed by atoms with Gasteiger partial charge in [0.15, 0.2) is 0 Å². The predicted octanol–water partition coefficient (Wildman–Crippen LogP) is 0.546. The summed E-state index contributed by atoms with van der Waals surface area (Å²) in [6, 6.07) is 4.11. The van der Waals surface area contributed by atoms with Gasteiger partial charge in [0, 0.05) is 31.4 Å². The second kappa shape index (κ2) is 3.74. The molecule has 0 radical (unpaired) electrons. The summed E-state index contributed by atoms with van der Waals surface area (Å²) in [5.41, 5.74) is 1.25. The molecule has 0 spiro atoms. The van der Waals surface area contributed by atoms with Crippen molar-refractivity contribution in [1.29, 1.82) is 0 Å². The zero-order valence-electron chi connectivity index (χ0n) is 7.05. The van der Waals surface area contributed by atoms with Gasteiger partial charge in [-0.15, -0.1) is 0 Å². The Balaban J connectivity index is 1.86. The van der Waals surface area contributed by atoms with Gasteiger partial charge >= 0.3 is 0 Å². The highest BCUT2D eigenvalue weighted by Gasteiger charge is 2.13. The first kappa shape index (κ1) is 7.83. The Kier molecular flexibility index (Phi) is 2.44. The van der Waals surface area contributed by atoms with E-state index in [1.165, 1.54) is 5.69 Å². The van der Waals surface area contributed by atoms with Crippen molar-refractivity contribution in [2.75, 3.05) is 19.7 Å². The van der Waals surface area contributed by atoms with Gasteiger partial charge in [0.1, 0.15) is 0 Å². The molecule has 66 valence electrons. The number of nitrogens with one attached hydrogen (secondary N) is 2. The first-order valence-corrected chi connectivity index (χ1v) is 4.40. The number of H-pyrrole nitrogens is 1. The molecule has 0 aromatic carbocycles. The summed E-state index contributed by atoms with van der Waals surface area (Å²) < 4.78 is 5.57. The van der Waals surface area contributed by atoms with E-state index in [0.29, 0.717) is 6.10 Å². The van der Waals surface area contributed by atoms with Crippen LogP contribution in [0.3, 0.4) is 0 Å². The number of rotatable bonds is 2. The van der Waals surface area contributed by atoms with Gasteiger partial charge in [-0.3, -0.25) is 0 Å². The highest BCUT2D eigenvalue weighted by molar-refractivity contribution is 5.05. The van der Waals surface area contributed by atoms with E-state index in [0.717, 1.165) is 26.1 Å². The van der Waals surface area contributed by atoms with Crippen LogP contribution in [0.5, 0.6) is 0 Å². The van der Waals surface area contributed by atoms with E-state index >= 15 is 0 Å². The minimum atomic E-state index is 0.345. The van der Waals surface area contributed by atoms with Crippen LogP contribution in [-0.2, 0) is 11.2 Å². The molecule has 1 fully saturated rings. The van der Waals surface area contributed by atoms with Crippen LogP contribution in [-0.4, -0.2) is 30.8 Å². The average Bonchev–Trinajstić information content (AvgIpc) is 2.59. The Hall–Kier alpha value is -0.800. The summed E-state index contributed by atoms with van der Waals surface area (Å²) in [6.45, 7) is 2.80. The van der Waals surface area contributed by atoms with Gasteiger partial charge in [0.05, 0.1) is 12.7 Å². The standard InChI is InChI=1S/C9H14N2O/c1-2-8(11-3-1)6-9-7-10-4-5-12-9/h1-3,9-11H,4-7H2. The fourth-order valence-corrected chi connectivity index (χ4v) is 1.49. The average molecular weight is 166 g/mol. The van der Waals surface area contributed by atoms with Crippen molar-refractivity contribution in [1.82, 2.24) is 10.3 Å². The summed E-state index contributed by atoms with van der Waals surface area (Å²) in [5.74, 6) is 0. The molecular weight excluding hydrogens is 152 g/mol. The summed E-state index contributed by atoms with van der Waals surface area (Å²) >= 11 is 0. The van der Waals surface area contributed by atoms with Gasteiger partial charge < -0.3 is 15.0 Å². The van der Waals surface area contributed by atoms with Gasteiger partial charge in [0.25, 0.3) is 0 Å². The van der Waals surface area contributed by atoms with Gasteiger partial charge in [-0.05, 0) is 12.1 Å². The molecule has 12 heavy (non-hydrogen) atoms. The van der Waals surface area contributed by atoms with Crippen LogP contribution in [0.15, 0.2) is 18.3 Å². The Morgan fingerprint density at radius 1 is 1.58 bits per heavy atom. The lowest BCUT2D eigenvalue weighted by Crippen LogP contribution is -2.39. The van der Waals surface area contributed by atoms with Crippen LogP contribution >= 0.6 is 0 Å². The number of aromatic nitrogens is 1. The van der Waals surface area contributed by atoms with E-state index in [1.54, 1.807) is 0 Å². The molecule has 2 heterocycles. The molecule has 1 atom stereocenters. The van der Waals surface area contributed by atoms with E-state index in [2.05, 4.69) is 16.4 Å². The van der Waals surface area contributed by atoms with Crippen molar-refractivity contribution >= 4 is 0 Å². The number of hydrogen-bond acceptors (Lipinski definition) is 2. The molecule has 1 aliphatic rings. The Morgan fingerprint density at radius 3 is 3.25 bits per heavy atom. The lowest BCUT2D eigenvalue weighted by molar-refractivity contribution is 0.0287. The van der Waals surface area contributed by atoms with Crippen molar-refractivity contribution in [3.05, 3.63) is 24.0 Å². The third-order valence-electron chi connectivity index (χ3n) is 2.11. The molecule has 0 aliphatic carbocycles. The largest absolute Gasteiger partial charge is 0.375 e. The Labute approximate surface area is 72.1 Å². The molecule has 1 aliphatic heterocycles. The molecule has 3 nitrogen and oxygen atoms in total. The van der Waals surface area contributed by atoms with E-state index in [-0.39, 0.29) is 0 Å². The van der Waals surface area contributed by atoms with Crippen molar-refractivity contribution in [2.45, 2.75) is 12.5 Å². The SMILES string of the molecule is c1c[nH]c(CC2CNCCO2)c1. The lowest BCUT2D eigenvalue weighted by Gasteiger charge is -2.22. The van der Waals surface area contributed by atoms with E-state index in [4.69, 9.17) is 4.74 Å². The second-order valence-corrected chi connectivity index (χ2v) is 3.10. The van der Waals surface area contributed by atoms with Crippen LogP contribution in [0, 0.1) is 0 Å². The van der Waals surface area contributed by atoms with E-state index < -0.39 is 0 Å². The van der Waals surface area contributed by atoms with Crippen LogP contribution in [0.2, 0.25) is 0 Å². The summed E-state index contributed by atoms with van der Waals surface area (Å²) in [7, 11) is 0. The molecular formula is C9H14N2O. The zero-order valence-corrected chi connectivity index (χ0v) is 7.05. The van der Waals surface area contributed by atoms with Crippen LogP contribution < -0.4 is 5.32 Å². The third kappa shape index (κ3) is 1.87. The van der Waals surface area contributed by atoms with E-state index in [1.807, 2.05) is 12.3 Å². The molecule has 0 amide bonds. The topological polar surface area (TPSA) is 37.0 Å². The molecule has 2 rings (SSSR count). The van der Waals surface area contributed by atoms with Crippen LogP contribution in [0.1, 0.15) is 5.69 Å². The zero-order chi connectivity index (χ0) is 8.23. The number of aromatic amines is 1. The molecule has 0 bridgehead atoms. The molecule has 1 unspecified atom stereocenters. The first-order valence-electron chi connectivity index (χ1n) is 4.40. The quantitative estimate of drug-likeness (QED) is 0.673. The first-order chi connectivity index (χ1) is 5.95. The van der Waals surface area contributed by atoms with Gasteiger partial charge in [-0.2, -0.15) is 0 Å². The maximum absolute atomic E-state index is 5.57. The molecule has 1 aromatic heterocycles. The number of morpholine rings is 1. The van der Waals surface area contributed by atoms with Crippen molar-refractivity contribution in [3.63, 3.8) is 0 Å². The molecule has 0 saturated carbocycles. The van der Waals surface area contributed by atoms with Crippen molar-refractivity contribution in [2.24, 2.45) is 0 Å². The van der Waals surface area contributed by atoms with E-state index in [9.17, 15) is 0 Å². The van der Waals surface area contributed by atoms with Gasteiger partial charge in [-0.1, -0.05) is 0 Å². The maximum atomic E-state index is 5.57. The Bertz CT molecular complexity index is 214. The van der Waals surface area contributed by atoms with Crippen molar-refractivity contribution < 1.29 is 4.74 Å². The summed E-state index contributed by atoms with van der Waals surface area (Å²) in [6.07, 6.45) is 3.28. The summed E-state index contributed by atoms with van der Waals surface area (Å²) in [5, 5.41) is 3.31. The normalized spacial score (nSPS) is 24.2. The smallest absolute Gasteiger partial charge is 0.0754 e. The minimum Gasteiger partial charge on any atom is -0.375 e. The second-order valence-electron chi connectivity index (χ2n) is 3.10. The highest BCUT2D eigenvalue weighted by Crippen LogP contribution is 2.04. The predicted molar refractivity (Wildman–Crippen MR) is 47.1 cm³/mol. The molecule has 1 saturated heterocycles. The molecule has 3 heteroatoms. The molecule has 2 N–H and O–H groups in total. The van der Waals surface area contributed by atoms with Gasteiger partial charge in [0.2, 0.25) is 0 Å². The Morgan fingerprint density at radius 2 is 2.58 bits per heavy atom. The van der Waals surface area contributed by atoms with Gasteiger partial charge in [-0.25, -0.2) is 0 Å². The fraction of sp³-hybridized carbons (Fsp3) is 0.556. The monoisotopic (exact) mass is 166 g/mol. The number of hydrogen-bond donors (Lipinski definition) is 2. The van der Waals surface area contributed by atoms with Crippen LogP contribution in [0.25, 0.3) is 0 Å². The third-order valence-corrected chi connectivity index (χ3v) is 2.11. The fourth-order valence-electron chi connectivity index (χ4n) is 1.49. The highest BCUT2D eigenvalue weighted by atomic mass is 16.5. The maximum Gasteiger partial charge on any atom is 0.0754 e. The summed E-state index contributed by atoms with van der Waals surface area (Å²) in [4.78, 5) is 3.18.